The second-order valence-electron chi connectivity index (χ2n) is 9.52. The van der Waals surface area contributed by atoms with E-state index in [1.54, 1.807) is 0 Å². The Balaban J connectivity index is 1.50. The summed E-state index contributed by atoms with van der Waals surface area (Å²) in [6.45, 7) is 2.28. The van der Waals surface area contributed by atoms with Gasteiger partial charge in [-0.1, -0.05) is 157 Å². The highest BCUT2D eigenvalue weighted by molar-refractivity contribution is 5.77. The normalized spacial score (nSPS) is 11.1. The highest BCUT2D eigenvalue weighted by atomic mass is 16.1. The van der Waals surface area contributed by atoms with Crippen molar-refractivity contribution in [2.24, 2.45) is 0 Å². The molecule has 0 aliphatic heterocycles. The third-order valence-corrected chi connectivity index (χ3v) is 6.58. The fourth-order valence-electron chi connectivity index (χ4n) is 4.54. The number of amides is 1. The summed E-state index contributed by atoms with van der Waals surface area (Å²) in [7, 11) is 0. The molecule has 182 valence electrons. The van der Waals surface area contributed by atoms with Crippen LogP contribution in [0.15, 0.2) is 60.7 Å². The number of unbranched alkanes of at least 4 members (excludes halogenated alkanes) is 14. The van der Waals surface area contributed by atoms with Gasteiger partial charge in [0, 0.05) is 6.42 Å². The molecule has 0 aliphatic carbocycles. The molecular formula is C31H47NO. The van der Waals surface area contributed by atoms with Crippen LogP contribution in [0.1, 0.15) is 127 Å². The standard InChI is InChI=1S/C31H47NO/c1-2-3-4-5-6-7-8-9-10-11-12-13-14-15-22-27-30(33)32-31(28-23-18-16-19-24-28)29-25-20-17-21-26-29/h16-21,23-26,31H,2-15,22,27H2,1H3,(H,32,33). The van der Waals surface area contributed by atoms with Crippen molar-refractivity contribution < 1.29 is 4.79 Å². The van der Waals surface area contributed by atoms with E-state index in [9.17, 15) is 4.79 Å². The SMILES string of the molecule is CCCCCCCCCCCCCCCCCC(=O)NC(c1ccccc1)c1ccccc1. The molecule has 2 rings (SSSR count). The molecule has 0 spiro atoms. The van der Waals surface area contributed by atoms with E-state index in [2.05, 4.69) is 36.5 Å². The lowest BCUT2D eigenvalue weighted by Gasteiger charge is -2.20. The van der Waals surface area contributed by atoms with Crippen molar-refractivity contribution in [3.63, 3.8) is 0 Å². The molecule has 2 aromatic rings. The number of rotatable bonds is 19. The highest BCUT2D eigenvalue weighted by Gasteiger charge is 2.16. The molecule has 0 aliphatic rings. The summed E-state index contributed by atoms with van der Waals surface area (Å²) in [5.41, 5.74) is 2.27. The molecule has 2 nitrogen and oxygen atoms in total. The molecule has 0 unspecified atom stereocenters. The summed E-state index contributed by atoms with van der Waals surface area (Å²) in [6.07, 6.45) is 20.8. The summed E-state index contributed by atoms with van der Waals surface area (Å²) in [5.74, 6) is 0.155. The van der Waals surface area contributed by atoms with E-state index < -0.39 is 0 Å². The smallest absolute Gasteiger partial charge is 0.220 e. The van der Waals surface area contributed by atoms with Crippen LogP contribution in [0.25, 0.3) is 0 Å². The van der Waals surface area contributed by atoms with Crippen molar-refractivity contribution in [3.05, 3.63) is 71.8 Å². The average Bonchev–Trinajstić information content (AvgIpc) is 2.86. The van der Waals surface area contributed by atoms with Gasteiger partial charge in [0.25, 0.3) is 0 Å². The Labute approximate surface area is 203 Å². The largest absolute Gasteiger partial charge is 0.345 e. The monoisotopic (exact) mass is 449 g/mol. The molecule has 0 aromatic heterocycles. The molecule has 0 radical (unpaired) electrons. The molecule has 0 saturated carbocycles. The van der Waals surface area contributed by atoms with E-state index in [1.165, 1.54) is 83.5 Å². The van der Waals surface area contributed by atoms with Gasteiger partial charge in [0.2, 0.25) is 5.91 Å². The number of hydrogen-bond acceptors (Lipinski definition) is 1. The van der Waals surface area contributed by atoms with Crippen LogP contribution in [0.5, 0.6) is 0 Å². The summed E-state index contributed by atoms with van der Waals surface area (Å²) in [4.78, 5) is 12.6. The maximum absolute atomic E-state index is 12.6. The topological polar surface area (TPSA) is 29.1 Å². The van der Waals surface area contributed by atoms with Crippen LogP contribution < -0.4 is 5.32 Å². The van der Waals surface area contributed by atoms with Gasteiger partial charge in [-0.3, -0.25) is 4.79 Å². The van der Waals surface area contributed by atoms with E-state index >= 15 is 0 Å². The van der Waals surface area contributed by atoms with Crippen LogP contribution in [-0.4, -0.2) is 5.91 Å². The van der Waals surface area contributed by atoms with Crippen molar-refractivity contribution in [3.8, 4) is 0 Å². The van der Waals surface area contributed by atoms with Crippen LogP contribution in [0, 0.1) is 0 Å². The number of carbonyl (C=O) groups is 1. The number of nitrogens with one attached hydrogen (secondary N) is 1. The zero-order valence-corrected chi connectivity index (χ0v) is 21.1. The lowest BCUT2D eigenvalue weighted by atomic mass is 9.98. The molecule has 33 heavy (non-hydrogen) atoms. The summed E-state index contributed by atoms with van der Waals surface area (Å²) in [6, 6.07) is 20.5. The molecule has 2 heteroatoms. The molecular weight excluding hydrogens is 402 g/mol. The van der Waals surface area contributed by atoms with Crippen molar-refractivity contribution in [1.82, 2.24) is 5.32 Å². The van der Waals surface area contributed by atoms with E-state index in [4.69, 9.17) is 0 Å². The Hall–Kier alpha value is -2.09. The molecule has 0 fully saturated rings. The van der Waals surface area contributed by atoms with Crippen LogP contribution in [0.4, 0.5) is 0 Å². The van der Waals surface area contributed by atoms with Crippen molar-refractivity contribution >= 4 is 5.91 Å². The second kappa shape index (κ2) is 18.3. The third kappa shape index (κ3) is 12.7. The van der Waals surface area contributed by atoms with Gasteiger partial charge in [-0.25, -0.2) is 0 Å². The summed E-state index contributed by atoms with van der Waals surface area (Å²) < 4.78 is 0. The Morgan fingerprint density at radius 3 is 1.33 bits per heavy atom. The number of benzene rings is 2. The van der Waals surface area contributed by atoms with E-state index in [0.29, 0.717) is 6.42 Å². The van der Waals surface area contributed by atoms with Gasteiger partial charge < -0.3 is 5.32 Å². The lowest BCUT2D eigenvalue weighted by Crippen LogP contribution is -2.29. The zero-order valence-electron chi connectivity index (χ0n) is 21.1. The van der Waals surface area contributed by atoms with Crippen molar-refractivity contribution in [2.75, 3.05) is 0 Å². The van der Waals surface area contributed by atoms with Gasteiger partial charge in [-0.15, -0.1) is 0 Å². The summed E-state index contributed by atoms with van der Waals surface area (Å²) >= 11 is 0. The predicted octanol–water partition coefficient (Wildman–Crippen LogP) is 9.15. The maximum atomic E-state index is 12.6. The molecule has 0 bridgehead atoms. The van der Waals surface area contributed by atoms with Crippen molar-refractivity contribution in [1.29, 1.82) is 0 Å². The van der Waals surface area contributed by atoms with Gasteiger partial charge in [0.1, 0.15) is 0 Å². The lowest BCUT2D eigenvalue weighted by molar-refractivity contribution is -0.121. The fraction of sp³-hybridized carbons (Fsp3) is 0.581. The fourth-order valence-corrected chi connectivity index (χ4v) is 4.54. The number of hydrogen-bond donors (Lipinski definition) is 1. The van der Waals surface area contributed by atoms with Crippen LogP contribution in [-0.2, 0) is 4.79 Å². The molecule has 0 heterocycles. The highest BCUT2D eigenvalue weighted by Crippen LogP contribution is 2.22. The van der Waals surface area contributed by atoms with Crippen LogP contribution in [0.3, 0.4) is 0 Å². The van der Waals surface area contributed by atoms with E-state index in [-0.39, 0.29) is 11.9 Å². The van der Waals surface area contributed by atoms with Gasteiger partial charge in [-0.2, -0.15) is 0 Å². The minimum absolute atomic E-state index is 0.0729. The molecule has 0 atom stereocenters. The third-order valence-electron chi connectivity index (χ3n) is 6.58. The van der Waals surface area contributed by atoms with Gasteiger partial charge in [0.15, 0.2) is 0 Å². The zero-order chi connectivity index (χ0) is 23.4. The first-order chi connectivity index (χ1) is 16.3. The molecule has 2 aromatic carbocycles. The number of carbonyl (C=O) groups excluding carboxylic acids is 1. The van der Waals surface area contributed by atoms with E-state index in [1.807, 2.05) is 36.4 Å². The van der Waals surface area contributed by atoms with Gasteiger partial charge >= 0.3 is 0 Å². The minimum Gasteiger partial charge on any atom is -0.345 e. The first-order valence-electron chi connectivity index (χ1n) is 13.7. The summed E-state index contributed by atoms with van der Waals surface area (Å²) in [5, 5.41) is 3.26. The average molecular weight is 450 g/mol. The first-order valence-corrected chi connectivity index (χ1v) is 13.7. The Morgan fingerprint density at radius 1 is 0.576 bits per heavy atom. The first kappa shape index (κ1) is 27.2. The second-order valence-corrected chi connectivity index (χ2v) is 9.52. The predicted molar refractivity (Wildman–Crippen MR) is 142 cm³/mol. The molecule has 1 N–H and O–H groups in total. The van der Waals surface area contributed by atoms with E-state index in [0.717, 1.165) is 24.0 Å². The Kier molecular flexibility index (Phi) is 15.1. The minimum atomic E-state index is -0.0729. The quantitative estimate of drug-likeness (QED) is 0.213. The molecule has 1 amide bonds. The van der Waals surface area contributed by atoms with Crippen molar-refractivity contribution in [2.45, 2.75) is 116 Å². The van der Waals surface area contributed by atoms with Crippen LogP contribution in [0.2, 0.25) is 0 Å². The Bertz CT molecular complexity index is 673. The van der Waals surface area contributed by atoms with Gasteiger partial charge in [-0.05, 0) is 17.5 Å². The van der Waals surface area contributed by atoms with Crippen LogP contribution >= 0.6 is 0 Å². The Morgan fingerprint density at radius 2 is 0.939 bits per heavy atom. The maximum Gasteiger partial charge on any atom is 0.220 e. The van der Waals surface area contributed by atoms with Gasteiger partial charge in [0.05, 0.1) is 6.04 Å². The molecule has 0 saturated heterocycles.